The number of amides is 2. The monoisotopic (exact) mass is 705 g/mol. The average Bonchev–Trinajstić information content (AvgIpc) is 3.42. The molecule has 1 saturated heterocycles. The van der Waals surface area contributed by atoms with Crippen LogP contribution in [0.25, 0.3) is 22.2 Å². The highest BCUT2D eigenvalue weighted by Crippen LogP contribution is 2.48. The van der Waals surface area contributed by atoms with Crippen LogP contribution in [0, 0.1) is 5.41 Å². The van der Waals surface area contributed by atoms with Crippen LogP contribution in [0.4, 0.5) is 0 Å². The second-order valence-corrected chi connectivity index (χ2v) is 16.9. The Kier molecular flexibility index (Phi) is 10.7. The minimum atomic E-state index is -3.98. The second kappa shape index (κ2) is 14.7. The molecule has 3 aliphatic rings. The number of aromatic nitrogens is 1. The molecule has 50 heavy (non-hydrogen) atoms. The molecule has 3 heterocycles. The van der Waals surface area contributed by atoms with E-state index in [0.29, 0.717) is 38.0 Å². The van der Waals surface area contributed by atoms with Gasteiger partial charge in [0.15, 0.2) is 0 Å². The number of hydrogen-bond donors (Lipinski definition) is 1. The summed E-state index contributed by atoms with van der Waals surface area (Å²) in [6.07, 6.45) is 9.33. The van der Waals surface area contributed by atoms with Gasteiger partial charge in [-0.2, -0.15) is 12.7 Å². The Labute approximate surface area is 298 Å². The fourth-order valence-electron chi connectivity index (χ4n) is 8.67. The number of ether oxygens (including phenoxy) is 1. The van der Waals surface area contributed by atoms with E-state index in [1.54, 1.807) is 13.2 Å². The molecular weight excluding hydrogens is 651 g/mol. The number of hydrogen-bond acceptors (Lipinski definition) is 6. The first-order chi connectivity index (χ1) is 23.9. The number of piperazine rings is 1. The van der Waals surface area contributed by atoms with E-state index >= 15 is 0 Å². The van der Waals surface area contributed by atoms with Gasteiger partial charge in [-0.3, -0.25) is 14.5 Å². The first-order valence-electron chi connectivity index (χ1n) is 18.5. The zero-order chi connectivity index (χ0) is 35.8. The number of methoxy groups -OCH3 is 1. The van der Waals surface area contributed by atoms with Crippen molar-refractivity contribution in [1.29, 1.82) is 0 Å². The van der Waals surface area contributed by atoms with Crippen molar-refractivity contribution in [3.8, 4) is 17.0 Å². The average molecular weight is 706 g/mol. The third-order valence-corrected chi connectivity index (χ3v) is 13.1. The summed E-state index contributed by atoms with van der Waals surface area (Å²) in [4.78, 5) is 32.8. The Hall–Kier alpha value is -3.41. The summed E-state index contributed by atoms with van der Waals surface area (Å²) in [6, 6.07) is 12.4. The van der Waals surface area contributed by atoms with E-state index in [0.717, 1.165) is 95.8 Å². The predicted octanol–water partition coefficient (Wildman–Crippen LogP) is 6.19. The van der Waals surface area contributed by atoms with Crippen molar-refractivity contribution in [2.75, 3.05) is 47.4 Å². The van der Waals surface area contributed by atoms with Gasteiger partial charge in [-0.1, -0.05) is 39.2 Å². The van der Waals surface area contributed by atoms with Crippen molar-refractivity contribution >= 4 is 32.9 Å². The van der Waals surface area contributed by atoms with E-state index < -0.39 is 21.5 Å². The van der Waals surface area contributed by atoms with Gasteiger partial charge in [0, 0.05) is 74.9 Å². The standard InChI is InChI=1S/C39H55N5O5S/c1-7-30(8-2)42-20-22-43(23-21-42)38(46)39(3)19-18-28-24-31(49-6)15-17-32(28)36-35(27-12-10-9-11-13-27)33-16-14-29(25-34(33)44(36)26-39)37(45)40-50(47,48)41(4)5/h14-17,24-25,27,30H,7-13,18-23,26H2,1-6H3,(H,40,45). The van der Waals surface area contributed by atoms with Gasteiger partial charge in [0.1, 0.15) is 5.75 Å². The van der Waals surface area contributed by atoms with Gasteiger partial charge in [-0.05, 0) is 92.8 Å². The number of rotatable bonds is 9. The molecule has 0 bridgehead atoms. The molecule has 1 saturated carbocycles. The molecule has 1 atom stereocenters. The fraction of sp³-hybridized carbons (Fsp3) is 0.590. The Balaban J connectivity index is 1.50. The van der Waals surface area contributed by atoms with Crippen LogP contribution in [0.1, 0.15) is 99.5 Å². The number of benzene rings is 2. The SMILES string of the molecule is CCC(CC)N1CCN(C(=O)C2(C)CCc3cc(OC)ccc3-c3c(C4CCCCC4)c4ccc(C(=O)NS(=O)(=O)N(C)C)cc4n3C2)CC1. The maximum Gasteiger partial charge on any atom is 0.303 e. The minimum absolute atomic E-state index is 0.172. The highest BCUT2D eigenvalue weighted by atomic mass is 32.2. The summed E-state index contributed by atoms with van der Waals surface area (Å²) < 4.78 is 36.5. The Morgan fingerprint density at radius 1 is 1.00 bits per heavy atom. The normalized spacial score (nSPS) is 20.8. The maximum absolute atomic E-state index is 14.8. The first kappa shape index (κ1) is 36.4. The highest BCUT2D eigenvalue weighted by Gasteiger charge is 2.41. The van der Waals surface area contributed by atoms with Gasteiger partial charge in [-0.15, -0.1) is 0 Å². The van der Waals surface area contributed by atoms with Gasteiger partial charge < -0.3 is 14.2 Å². The lowest BCUT2D eigenvalue weighted by molar-refractivity contribution is -0.144. The summed E-state index contributed by atoms with van der Waals surface area (Å²) >= 11 is 0. The lowest BCUT2D eigenvalue weighted by atomic mass is 9.78. The molecule has 2 aliphatic heterocycles. The van der Waals surface area contributed by atoms with Crippen LogP contribution in [0.15, 0.2) is 36.4 Å². The Morgan fingerprint density at radius 3 is 2.34 bits per heavy atom. The van der Waals surface area contributed by atoms with Crippen LogP contribution in [0.5, 0.6) is 5.75 Å². The first-order valence-corrected chi connectivity index (χ1v) is 20.0. The summed E-state index contributed by atoms with van der Waals surface area (Å²) in [7, 11) is 0.489. The number of nitrogens with one attached hydrogen (secondary N) is 1. The molecule has 272 valence electrons. The zero-order valence-corrected chi connectivity index (χ0v) is 31.6. The maximum atomic E-state index is 14.8. The number of carbonyl (C=O) groups excluding carboxylic acids is 2. The Morgan fingerprint density at radius 2 is 1.70 bits per heavy atom. The van der Waals surface area contributed by atoms with E-state index in [1.165, 1.54) is 26.1 Å². The number of carbonyl (C=O) groups is 2. The lowest BCUT2D eigenvalue weighted by Crippen LogP contribution is -2.55. The molecule has 2 fully saturated rings. The molecule has 1 unspecified atom stereocenters. The second-order valence-electron chi connectivity index (χ2n) is 15.0. The van der Waals surface area contributed by atoms with Crippen molar-refractivity contribution < 1.29 is 22.7 Å². The summed E-state index contributed by atoms with van der Waals surface area (Å²) in [5.41, 5.74) is 5.08. The minimum Gasteiger partial charge on any atom is -0.497 e. The van der Waals surface area contributed by atoms with E-state index in [1.807, 2.05) is 18.2 Å². The van der Waals surface area contributed by atoms with Crippen molar-refractivity contribution in [1.82, 2.24) is 23.4 Å². The number of nitrogens with zero attached hydrogens (tertiary/aromatic N) is 4. The van der Waals surface area contributed by atoms with Crippen molar-refractivity contribution in [2.45, 2.75) is 97.1 Å². The third-order valence-electron chi connectivity index (χ3n) is 11.7. The smallest absolute Gasteiger partial charge is 0.303 e. The zero-order valence-electron chi connectivity index (χ0n) is 30.8. The third kappa shape index (κ3) is 6.93. The van der Waals surface area contributed by atoms with Crippen LogP contribution in [-0.4, -0.2) is 92.3 Å². The molecule has 0 radical (unpaired) electrons. The van der Waals surface area contributed by atoms with E-state index in [-0.39, 0.29) is 11.5 Å². The fourth-order valence-corrected chi connectivity index (χ4v) is 9.20. The van der Waals surface area contributed by atoms with Gasteiger partial charge >= 0.3 is 10.2 Å². The van der Waals surface area contributed by atoms with Gasteiger partial charge in [0.2, 0.25) is 5.91 Å². The summed E-state index contributed by atoms with van der Waals surface area (Å²) in [6.45, 7) is 10.3. The van der Waals surface area contributed by atoms with E-state index in [9.17, 15) is 18.0 Å². The number of fused-ring (bicyclic) bond motifs is 5. The van der Waals surface area contributed by atoms with Crippen LogP contribution in [0.2, 0.25) is 0 Å². The van der Waals surface area contributed by atoms with Gasteiger partial charge in [0.25, 0.3) is 5.91 Å². The van der Waals surface area contributed by atoms with E-state index in [4.69, 9.17) is 4.74 Å². The van der Waals surface area contributed by atoms with Crippen molar-refractivity contribution in [3.63, 3.8) is 0 Å². The summed E-state index contributed by atoms with van der Waals surface area (Å²) in [5.74, 6) is 0.621. The summed E-state index contributed by atoms with van der Waals surface area (Å²) in [5, 5.41) is 1.07. The molecule has 2 amide bonds. The van der Waals surface area contributed by atoms with Crippen LogP contribution in [0.3, 0.4) is 0 Å². The molecule has 11 heteroatoms. The van der Waals surface area contributed by atoms with Gasteiger partial charge in [-0.25, -0.2) is 4.72 Å². The van der Waals surface area contributed by atoms with Gasteiger partial charge in [0.05, 0.1) is 18.2 Å². The van der Waals surface area contributed by atoms with Crippen molar-refractivity contribution in [2.24, 2.45) is 5.41 Å². The highest BCUT2D eigenvalue weighted by molar-refractivity contribution is 7.87. The Bertz CT molecular complexity index is 1830. The molecular formula is C39H55N5O5S. The largest absolute Gasteiger partial charge is 0.497 e. The molecule has 10 nitrogen and oxygen atoms in total. The quantitative estimate of drug-likeness (QED) is 0.285. The van der Waals surface area contributed by atoms with E-state index in [2.05, 4.69) is 52.0 Å². The molecule has 6 rings (SSSR count). The molecule has 3 aromatic rings. The van der Waals surface area contributed by atoms with Crippen LogP contribution < -0.4 is 9.46 Å². The molecule has 1 aromatic heterocycles. The molecule has 1 N–H and O–H groups in total. The molecule has 1 aliphatic carbocycles. The van der Waals surface area contributed by atoms with Crippen LogP contribution in [-0.2, 0) is 28.0 Å². The number of aryl methyl sites for hydroxylation is 1. The lowest BCUT2D eigenvalue weighted by Gasteiger charge is -2.43. The topological polar surface area (TPSA) is 104 Å². The van der Waals surface area contributed by atoms with Crippen LogP contribution >= 0.6 is 0 Å². The molecule has 2 aromatic carbocycles. The molecule has 0 spiro atoms. The predicted molar refractivity (Wildman–Crippen MR) is 199 cm³/mol. The van der Waals surface area contributed by atoms with Crippen molar-refractivity contribution in [3.05, 3.63) is 53.1 Å².